The maximum absolute atomic E-state index is 12.0. The molecule has 1 amide bonds. The van der Waals surface area contributed by atoms with Gasteiger partial charge in [0, 0.05) is 13.3 Å². The Morgan fingerprint density at radius 2 is 1.82 bits per heavy atom. The van der Waals surface area contributed by atoms with Gasteiger partial charge in [-0.15, -0.1) is 0 Å². The van der Waals surface area contributed by atoms with E-state index >= 15 is 0 Å². The second-order valence-electron chi connectivity index (χ2n) is 4.53. The molecule has 1 N–H and O–H groups in total. The Kier molecular flexibility index (Phi) is 6.21. The lowest BCUT2D eigenvalue weighted by Gasteiger charge is -2.15. The molecule has 0 bridgehead atoms. The van der Waals surface area contributed by atoms with E-state index in [1.54, 1.807) is 0 Å². The van der Waals surface area contributed by atoms with Crippen molar-refractivity contribution in [2.24, 2.45) is 0 Å². The van der Waals surface area contributed by atoms with E-state index in [-0.39, 0.29) is 18.1 Å². The predicted molar refractivity (Wildman–Crippen MR) is 71.3 cm³/mol. The van der Waals surface area contributed by atoms with Crippen molar-refractivity contribution in [1.29, 1.82) is 0 Å². The average molecular weight is 319 g/mol. The molecule has 122 valence electrons. The lowest BCUT2D eigenvalue weighted by Crippen LogP contribution is -2.41. The average Bonchev–Trinajstić information content (AvgIpc) is 2.43. The molecule has 0 saturated carbocycles. The Balaban J connectivity index is 2.68. The van der Waals surface area contributed by atoms with E-state index in [0.717, 1.165) is 0 Å². The summed E-state index contributed by atoms with van der Waals surface area (Å²) in [6, 6.07) is 4.91. The minimum absolute atomic E-state index is 0.0650. The maximum atomic E-state index is 12.0. The lowest BCUT2D eigenvalue weighted by atomic mass is 10.1. The number of carbonyl (C=O) groups excluding carboxylic acids is 2. The number of methoxy groups -OCH3 is 1. The first-order valence-corrected chi connectivity index (χ1v) is 6.34. The van der Waals surface area contributed by atoms with Crippen molar-refractivity contribution in [3.63, 3.8) is 0 Å². The van der Waals surface area contributed by atoms with Gasteiger partial charge in [-0.25, -0.2) is 4.79 Å². The van der Waals surface area contributed by atoms with Crippen LogP contribution in [0.2, 0.25) is 0 Å². The monoisotopic (exact) mass is 319 g/mol. The molecule has 1 rings (SSSR count). The van der Waals surface area contributed by atoms with Gasteiger partial charge in [-0.1, -0.05) is 12.1 Å². The number of benzene rings is 1. The van der Waals surface area contributed by atoms with Gasteiger partial charge in [0.25, 0.3) is 0 Å². The Hall–Kier alpha value is -2.25. The van der Waals surface area contributed by atoms with Crippen LogP contribution in [0.3, 0.4) is 0 Å². The molecule has 0 aliphatic heterocycles. The molecule has 0 aromatic heterocycles. The first kappa shape index (κ1) is 17.8. The summed E-state index contributed by atoms with van der Waals surface area (Å²) in [4.78, 5) is 22.6. The minimum atomic E-state index is -4.40. The van der Waals surface area contributed by atoms with Crippen molar-refractivity contribution in [3.8, 4) is 5.75 Å². The van der Waals surface area contributed by atoms with Gasteiger partial charge >= 0.3 is 12.1 Å². The highest BCUT2D eigenvalue weighted by molar-refractivity contribution is 5.83. The molecule has 1 atom stereocenters. The number of esters is 1. The van der Waals surface area contributed by atoms with Crippen LogP contribution in [0.1, 0.15) is 12.5 Å². The molecule has 22 heavy (non-hydrogen) atoms. The van der Waals surface area contributed by atoms with Gasteiger partial charge in [0.1, 0.15) is 11.8 Å². The molecular weight excluding hydrogens is 303 g/mol. The number of carbonyl (C=O) groups is 2. The zero-order valence-electron chi connectivity index (χ0n) is 12.1. The van der Waals surface area contributed by atoms with Crippen molar-refractivity contribution in [3.05, 3.63) is 29.8 Å². The van der Waals surface area contributed by atoms with Crippen LogP contribution in [0, 0.1) is 0 Å². The van der Waals surface area contributed by atoms with Crippen LogP contribution in [-0.2, 0) is 20.7 Å². The fraction of sp³-hybridized carbons (Fsp3) is 0.429. The van der Waals surface area contributed by atoms with Gasteiger partial charge in [0.15, 0.2) is 6.61 Å². The molecule has 0 aliphatic rings. The smallest absolute Gasteiger partial charge is 0.422 e. The first-order chi connectivity index (χ1) is 10.2. The van der Waals surface area contributed by atoms with Gasteiger partial charge in [0.05, 0.1) is 7.11 Å². The van der Waals surface area contributed by atoms with Gasteiger partial charge in [-0.05, 0) is 17.7 Å². The van der Waals surface area contributed by atoms with E-state index < -0.39 is 24.8 Å². The first-order valence-electron chi connectivity index (χ1n) is 6.34. The van der Waals surface area contributed by atoms with Crippen LogP contribution in [-0.4, -0.2) is 37.8 Å². The number of hydrogen-bond acceptors (Lipinski definition) is 4. The molecule has 0 radical (unpaired) electrons. The molecule has 0 saturated heterocycles. The highest BCUT2D eigenvalue weighted by atomic mass is 19.4. The topological polar surface area (TPSA) is 64.6 Å². The number of alkyl halides is 3. The van der Waals surface area contributed by atoms with Crippen molar-refractivity contribution < 1.29 is 32.2 Å². The van der Waals surface area contributed by atoms with E-state index in [2.05, 4.69) is 14.8 Å². The Labute approximate surface area is 125 Å². The zero-order valence-corrected chi connectivity index (χ0v) is 12.1. The molecule has 0 unspecified atom stereocenters. The Morgan fingerprint density at radius 3 is 2.27 bits per heavy atom. The van der Waals surface area contributed by atoms with Crippen molar-refractivity contribution in [2.75, 3.05) is 13.7 Å². The molecule has 0 spiro atoms. The third kappa shape index (κ3) is 6.47. The summed E-state index contributed by atoms with van der Waals surface area (Å²) in [5.41, 5.74) is 0.642. The number of amides is 1. The van der Waals surface area contributed by atoms with Crippen LogP contribution in [0.4, 0.5) is 13.2 Å². The molecular formula is C14H16F3NO4. The predicted octanol–water partition coefficient (Wildman–Crippen LogP) is 1.85. The summed E-state index contributed by atoms with van der Waals surface area (Å²) in [5, 5.41) is 2.45. The van der Waals surface area contributed by atoms with Crippen LogP contribution in [0.25, 0.3) is 0 Å². The van der Waals surface area contributed by atoms with Gasteiger partial charge in [-0.2, -0.15) is 13.2 Å². The van der Waals surface area contributed by atoms with E-state index in [4.69, 9.17) is 0 Å². The third-order valence-electron chi connectivity index (χ3n) is 2.63. The highest BCUT2D eigenvalue weighted by Gasteiger charge is 2.28. The Morgan fingerprint density at radius 1 is 1.23 bits per heavy atom. The second-order valence-corrected chi connectivity index (χ2v) is 4.53. The molecule has 8 heteroatoms. The van der Waals surface area contributed by atoms with Crippen LogP contribution in [0.15, 0.2) is 24.3 Å². The fourth-order valence-corrected chi connectivity index (χ4v) is 1.70. The fourth-order valence-electron chi connectivity index (χ4n) is 1.70. The Bertz CT molecular complexity index is 514. The number of nitrogens with one attached hydrogen (secondary N) is 1. The molecule has 0 aliphatic carbocycles. The van der Waals surface area contributed by atoms with Gasteiger partial charge in [0.2, 0.25) is 5.91 Å². The van der Waals surface area contributed by atoms with Crippen molar-refractivity contribution in [1.82, 2.24) is 5.32 Å². The summed E-state index contributed by atoms with van der Waals surface area (Å²) in [5.74, 6) is -0.927. The van der Waals surface area contributed by atoms with E-state index in [9.17, 15) is 22.8 Å². The number of ether oxygens (including phenoxy) is 2. The number of hydrogen-bond donors (Lipinski definition) is 1. The third-order valence-corrected chi connectivity index (χ3v) is 2.63. The van der Waals surface area contributed by atoms with E-state index in [1.165, 1.54) is 38.3 Å². The molecule has 5 nitrogen and oxygen atoms in total. The van der Waals surface area contributed by atoms with Crippen LogP contribution < -0.4 is 10.1 Å². The van der Waals surface area contributed by atoms with Crippen molar-refractivity contribution >= 4 is 11.9 Å². The quantitative estimate of drug-likeness (QED) is 0.813. The molecule has 1 aromatic carbocycles. The number of halogens is 3. The largest absolute Gasteiger partial charge is 0.484 e. The standard InChI is InChI=1S/C14H16F3NO4/c1-9(19)18-12(13(20)21-2)7-10-3-5-11(6-4-10)22-8-14(15,16)17/h3-6,12H,7-8H2,1-2H3,(H,18,19)/t12-/m0/s1. The van der Waals surface area contributed by atoms with Crippen LogP contribution in [0.5, 0.6) is 5.75 Å². The molecule has 0 heterocycles. The van der Waals surface area contributed by atoms with Gasteiger partial charge < -0.3 is 14.8 Å². The van der Waals surface area contributed by atoms with E-state index in [1.807, 2.05) is 0 Å². The summed E-state index contributed by atoms with van der Waals surface area (Å²) < 4.78 is 45.2. The van der Waals surface area contributed by atoms with Crippen molar-refractivity contribution in [2.45, 2.75) is 25.6 Å². The summed E-state index contributed by atoms with van der Waals surface area (Å²) in [6.45, 7) is -0.104. The zero-order chi connectivity index (χ0) is 16.8. The SMILES string of the molecule is COC(=O)[C@H](Cc1ccc(OCC(F)(F)F)cc1)NC(C)=O. The van der Waals surface area contributed by atoms with Crippen LogP contribution >= 0.6 is 0 Å². The minimum Gasteiger partial charge on any atom is -0.484 e. The second kappa shape index (κ2) is 7.67. The van der Waals surface area contributed by atoms with Gasteiger partial charge in [-0.3, -0.25) is 4.79 Å². The lowest BCUT2D eigenvalue weighted by molar-refractivity contribution is -0.153. The van der Waals surface area contributed by atoms with E-state index in [0.29, 0.717) is 5.56 Å². The summed E-state index contributed by atoms with van der Waals surface area (Å²) >= 11 is 0. The number of rotatable bonds is 6. The molecule has 1 aromatic rings. The summed E-state index contributed by atoms with van der Waals surface area (Å²) in [6.07, 6.45) is -4.24. The highest BCUT2D eigenvalue weighted by Crippen LogP contribution is 2.19. The molecule has 0 fully saturated rings. The maximum Gasteiger partial charge on any atom is 0.422 e. The normalized spacial score (nSPS) is 12.4. The summed E-state index contributed by atoms with van der Waals surface area (Å²) in [7, 11) is 1.20.